The van der Waals surface area contributed by atoms with Crippen molar-refractivity contribution in [2.24, 2.45) is 0 Å². The van der Waals surface area contributed by atoms with E-state index in [4.69, 9.17) is 21.1 Å². The zero-order valence-electron chi connectivity index (χ0n) is 9.12. The van der Waals surface area contributed by atoms with Gasteiger partial charge in [0.15, 0.2) is 0 Å². The van der Waals surface area contributed by atoms with Crippen molar-refractivity contribution in [2.45, 2.75) is 0 Å². The van der Waals surface area contributed by atoms with Crippen LogP contribution in [0.1, 0.15) is 0 Å². The molecular weight excluding hydrogens is 249 g/mol. The van der Waals surface area contributed by atoms with Crippen molar-refractivity contribution in [3.05, 3.63) is 30.1 Å². The van der Waals surface area contributed by atoms with Crippen LogP contribution in [0, 0.1) is 5.82 Å². The van der Waals surface area contributed by atoms with Crippen LogP contribution in [0.25, 0.3) is 0 Å². The summed E-state index contributed by atoms with van der Waals surface area (Å²) in [7, 11) is 0. The number of halogens is 2. The van der Waals surface area contributed by atoms with Crippen LogP contribution < -0.4 is 5.32 Å². The number of carbonyl (C=O) groups excluding carboxylic acids is 1. The van der Waals surface area contributed by atoms with Crippen molar-refractivity contribution < 1.29 is 18.7 Å². The monoisotopic (exact) mass is 261 g/mol. The van der Waals surface area contributed by atoms with Gasteiger partial charge in [-0.25, -0.2) is 9.18 Å². The molecule has 0 aromatic heterocycles. The minimum Gasteiger partial charge on any atom is -0.447 e. The summed E-state index contributed by atoms with van der Waals surface area (Å²) in [4.78, 5) is 11.2. The van der Waals surface area contributed by atoms with Crippen molar-refractivity contribution in [2.75, 3.05) is 31.0 Å². The van der Waals surface area contributed by atoms with Crippen LogP contribution in [0.5, 0.6) is 0 Å². The van der Waals surface area contributed by atoms with Gasteiger partial charge >= 0.3 is 6.09 Å². The quantitative estimate of drug-likeness (QED) is 0.633. The van der Waals surface area contributed by atoms with Crippen LogP contribution in [0.15, 0.2) is 24.3 Å². The van der Waals surface area contributed by atoms with E-state index in [1.807, 2.05) is 0 Å². The van der Waals surface area contributed by atoms with Gasteiger partial charge in [0.05, 0.1) is 13.2 Å². The van der Waals surface area contributed by atoms with E-state index in [1.165, 1.54) is 18.2 Å². The van der Waals surface area contributed by atoms with Crippen molar-refractivity contribution in [3.63, 3.8) is 0 Å². The number of amides is 1. The Morgan fingerprint density at radius 3 is 2.88 bits per heavy atom. The van der Waals surface area contributed by atoms with Crippen molar-refractivity contribution in [3.8, 4) is 0 Å². The lowest BCUT2D eigenvalue weighted by atomic mass is 10.3. The fourth-order valence-electron chi connectivity index (χ4n) is 1.07. The molecule has 1 rings (SSSR count). The Hall–Kier alpha value is -1.33. The molecule has 1 N–H and O–H groups in total. The topological polar surface area (TPSA) is 47.6 Å². The lowest BCUT2D eigenvalue weighted by Gasteiger charge is -2.07. The molecule has 0 atom stereocenters. The summed E-state index contributed by atoms with van der Waals surface area (Å²) < 4.78 is 22.6. The summed E-state index contributed by atoms with van der Waals surface area (Å²) in [5.74, 6) is -0.0246. The first-order valence-corrected chi connectivity index (χ1v) is 5.59. The molecule has 0 bridgehead atoms. The van der Waals surface area contributed by atoms with Crippen molar-refractivity contribution in [1.82, 2.24) is 0 Å². The molecule has 1 aromatic carbocycles. The van der Waals surface area contributed by atoms with Crippen LogP contribution in [0.3, 0.4) is 0 Å². The van der Waals surface area contributed by atoms with Gasteiger partial charge in [0.2, 0.25) is 0 Å². The van der Waals surface area contributed by atoms with E-state index in [-0.39, 0.29) is 13.2 Å². The second-order valence-electron chi connectivity index (χ2n) is 3.07. The van der Waals surface area contributed by atoms with Gasteiger partial charge < -0.3 is 9.47 Å². The molecule has 94 valence electrons. The first-order valence-electron chi connectivity index (χ1n) is 5.05. The van der Waals surface area contributed by atoms with Gasteiger partial charge in [0, 0.05) is 11.6 Å². The number of hydrogen-bond acceptors (Lipinski definition) is 3. The summed E-state index contributed by atoms with van der Waals surface area (Å²) in [6.07, 6.45) is -0.648. The van der Waals surface area contributed by atoms with E-state index < -0.39 is 11.9 Å². The van der Waals surface area contributed by atoms with Crippen molar-refractivity contribution >= 4 is 23.4 Å². The molecule has 0 spiro atoms. The van der Waals surface area contributed by atoms with Crippen LogP contribution >= 0.6 is 11.6 Å². The Bertz CT molecular complexity index is 362. The maximum atomic E-state index is 12.8. The summed E-state index contributed by atoms with van der Waals surface area (Å²) in [6.45, 7) is 0.817. The van der Waals surface area contributed by atoms with Gasteiger partial charge in [-0.05, 0) is 18.2 Å². The molecule has 0 aliphatic heterocycles. The Morgan fingerprint density at radius 2 is 2.18 bits per heavy atom. The molecule has 1 aromatic rings. The minimum atomic E-state index is -0.648. The Balaban J connectivity index is 2.21. The van der Waals surface area contributed by atoms with Gasteiger partial charge in [0.1, 0.15) is 12.4 Å². The number of ether oxygens (including phenoxy) is 2. The maximum Gasteiger partial charge on any atom is 0.411 e. The molecule has 0 fully saturated rings. The number of benzene rings is 1. The number of nitrogens with one attached hydrogen (secondary N) is 1. The highest BCUT2D eigenvalue weighted by Gasteiger charge is 2.03. The van der Waals surface area contributed by atoms with E-state index in [9.17, 15) is 9.18 Å². The second-order valence-corrected chi connectivity index (χ2v) is 3.45. The average molecular weight is 262 g/mol. The molecule has 0 aliphatic rings. The highest BCUT2D eigenvalue weighted by molar-refractivity contribution is 6.17. The van der Waals surface area contributed by atoms with Crippen LogP contribution in [0.4, 0.5) is 14.9 Å². The summed E-state index contributed by atoms with van der Waals surface area (Å²) >= 11 is 5.38. The van der Waals surface area contributed by atoms with E-state index in [0.717, 1.165) is 0 Å². The second kappa shape index (κ2) is 7.86. The third kappa shape index (κ3) is 6.09. The number of anilines is 1. The van der Waals surface area contributed by atoms with E-state index in [0.29, 0.717) is 18.2 Å². The number of hydrogen-bond donors (Lipinski definition) is 1. The fraction of sp³-hybridized carbons (Fsp3) is 0.364. The standard InChI is InChI=1S/C11H13ClFNO3/c12-4-5-16-6-7-17-11(15)14-10-3-1-2-9(13)8-10/h1-3,8H,4-7H2,(H,14,15). The predicted octanol–water partition coefficient (Wildman–Crippen LogP) is 2.63. The molecule has 0 unspecified atom stereocenters. The first-order chi connectivity index (χ1) is 8.22. The zero-order chi connectivity index (χ0) is 12.5. The maximum absolute atomic E-state index is 12.8. The first kappa shape index (κ1) is 13.7. The molecule has 0 saturated heterocycles. The highest BCUT2D eigenvalue weighted by atomic mass is 35.5. The lowest BCUT2D eigenvalue weighted by Crippen LogP contribution is -2.17. The molecule has 0 aliphatic carbocycles. The Labute approximate surface area is 104 Å². The third-order valence-electron chi connectivity index (χ3n) is 1.75. The van der Waals surface area contributed by atoms with E-state index in [2.05, 4.69) is 5.32 Å². The molecule has 4 nitrogen and oxygen atoms in total. The molecule has 1 amide bonds. The molecule has 0 saturated carbocycles. The molecule has 0 radical (unpaired) electrons. The van der Waals surface area contributed by atoms with Gasteiger partial charge in [-0.15, -0.1) is 11.6 Å². The highest BCUT2D eigenvalue weighted by Crippen LogP contribution is 2.09. The largest absolute Gasteiger partial charge is 0.447 e. The summed E-state index contributed by atoms with van der Waals surface area (Å²) in [5.41, 5.74) is 0.344. The number of alkyl halides is 1. The average Bonchev–Trinajstić information content (AvgIpc) is 2.29. The summed E-state index contributed by atoms with van der Waals surface area (Å²) in [6, 6.07) is 5.55. The van der Waals surface area contributed by atoms with Gasteiger partial charge in [-0.1, -0.05) is 6.07 Å². The predicted molar refractivity (Wildman–Crippen MR) is 62.9 cm³/mol. The lowest BCUT2D eigenvalue weighted by molar-refractivity contribution is 0.0859. The third-order valence-corrected chi connectivity index (χ3v) is 1.91. The smallest absolute Gasteiger partial charge is 0.411 e. The Morgan fingerprint density at radius 1 is 1.35 bits per heavy atom. The molecule has 17 heavy (non-hydrogen) atoms. The normalized spacial score (nSPS) is 10.0. The molecular formula is C11H13ClFNO3. The van der Waals surface area contributed by atoms with E-state index >= 15 is 0 Å². The van der Waals surface area contributed by atoms with Crippen LogP contribution in [-0.4, -0.2) is 31.8 Å². The SMILES string of the molecule is O=C(Nc1cccc(F)c1)OCCOCCCl. The van der Waals surface area contributed by atoms with Gasteiger partial charge in [0.25, 0.3) is 0 Å². The minimum absolute atomic E-state index is 0.123. The zero-order valence-corrected chi connectivity index (χ0v) is 9.87. The Kier molecular flexibility index (Phi) is 6.35. The summed E-state index contributed by atoms with van der Waals surface area (Å²) in [5, 5.41) is 2.39. The number of rotatable bonds is 6. The van der Waals surface area contributed by atoms with Gasteiger partial charge in [-0.2, -0.15) is 0 Å². The number of carbonyl (C=O) groups is 1. The van der Waals surface area contributed by atoms with Crippen molar-refractivity contribution in [1.29, 1.82) is 0 Å². The molecule has 0 heterocycles. The molecule has 6 heteroatoms. The van der Waals surface area contributed by atoms with Gasteiger partial charge in [-0.3, -0.25) is 5.32 Å². The van der Waals surface area contributed by atoms with Crippen LogP contribution in [-0.2, 0) is 9.47 Å². The van der Waals surface area contributed by atoms with E-state index in [1.54, 1.807) is 6.07 Å². The van der Waals surface area contributed by atoms with Crippen LogP contribution in [0.2, 0.25) is 0 Å². The fourth-order valence-corrected chi connectivity index (χ4v) is 1.18.